The molecule has 0 aliphatic rings. The Morgan fingerprint density at radius 3 is 1.01 bits per heavy atom. The molecule has 1 nitrogen and oxygen atoms in total. The number of benzene rings is 10. The van der Waals surface area contributed by atoms with Crippen molar-refractivity contribution in [2.24, 2.45) is 0 Å². The molecule has 0 heterocycles. The Balaban J connectivity index is 1.28. The van der Waals surface area contributed by atoms with E-state index in [0.29, 0.717) is 0 Å². The van der Waals surface area contributed by atoms with Crippen molar-refractivity contribution in [1.82, 2.24) is 0 Å². The van der Waals surface area contributed by atoms with Crippen LogP contribution in [-0.4, -0.2) is 228 Å². The van der Waals surface area contributed by atoms with Crippen LogP contribution in [0.1, 0.15) is 0 Å². The zero-order valence-corrected chi connectivity index (χ0v) is 43.7. The first kappa shape index (κ1) is 60.1. The van der Waals surface area contributed by atoms with Crippen molar-refractivity contribution in [2.45, 2.75) is 0 Å². The molecule has 0 saturated heterocycles. The van der Waals surface area contributed by atoms with Crippen LogP contribution in [0.25, 0.3) is 76.5 Å². The molecule has 58 radical (unpaired) electrons. The van der Waals surface area contributed by atoms with E-state index in [4.69, 9.17) is 228 Å². The van der Waals surface area contributed by atoms with E-state index in [-0.39, 0.29) is 252 Å². The molecule has 0 aliphatic carbocycles. The van der Waals surface area contributed by atoms with Crippen LogP contribution >= 0.6 is 0 Å². The Bertz CT molecular complexity index is 4580. The molecule has 0 saturated carbocycles. The first-order valence-electron chi connectivity index (χ1n) is 24.3. The highest BCUT2D eigenvalue weighted by molar-refractivity contribution is 6.76. The molecule has 0 amide bonds. The van der Waals surface area contributed by atoms with Gasteiger partial charge in [-0.25, -0.2) is 0 Å². The molecule has 306 valence electrons. The van der Waals surface area contributed by atoms with E-state index in [1.165, 1.54) is 41.3 Å². The van der Waals surface area contributed by atoms with Crippen LogP contribution in [0.4, 0.5) is 17.1 Å². The second-order valence-electron chi connectivity index (χ2n) is 20.0. The minimum absolute atomic E-state index is 0.000882. The van der Waals surface area contributed by atoms with Crippen LogP contribution in [0.2, 0.25) is 0 Å². The fourth-order valence-electron chi connectivity index (χ4n) is 11.2. The topological polar surface area (TPSA) is 3.24 Å². The molecule has 0 unspecified atom stereocenters. The van der Waals surface area contributed by atoms with Gasteiger partial charge in [-0.3, -0.25) is 0 Å². The van der Waals surface area contributed by atoms with E-state index in [1.54, 1.807) is 0 Å². The third-order valence-electron chi connectivity index (χ3n) is 15.5. The van der Waals surface area contributed by atoms with E-state index >= 15 is 0 Å². The van der Waals surface area contributed by atoms with Crippen molar-refractivity contribution >= 4 is 446 Å². The van der Waals surface area contributed by atoms with Crippen LogP contribution in [0.3, 0.4) is 0 Å². The maximum Gasteiger partial charge on any atom is 0.115 e. The van der Waals surface area contributed by atoms with Gasteiger partial charge in [0.25, 0.3) is 0 Å². The highest BCUT2D eigenvalue weighted by Crippen LogP contribution is 2.35. The lowest BCUT2D eigenvalue weighted by Crippen LogP contribution is -2.56. The maximum absolute atomic E-state index is 7.24. The molecule has 82 heavy (non-hydrogen) atoms. The number of nitrogens with zero attached hydrogens (tertiary/aromatic N) is 1. The second-order valence-corrected chi connectivity index (χ2v) is 20.0. The van der Waals surface area contributed by atoms with Gasteiger partial charge in [-0.1, -0.05) is 121 Å². The molecule has 0 aromatic heterocycles. The largest absolute Gasteiger partial charge is 0.312 e. The quantitative estimate of drug-likeness (QED) is 0.119. The number of anilines is 3. The number of fused-ring (bicyclic) bond motifs is 6. The molecule has 0 aliphatic heterocycles. The van der Waals surface area contributed by atoms with Crippen molar-refractivity contribution in [1.29, 1.82) is 0 Å². The SMILES string of the molecule is [B]c1cc2c(-c3c([B])cc(N(c4cc([B])c(-c5c([B])c([B])c([B])c([B])c5[B])c([B])c4)c4cc([B])c(-c5cc([B])c6c(c5[B])c([B])c([B])c5c([B])c([B])c([B])c([B])c56)c([B])c4[B])c([B])c3[B])c([B])c3c([B])c([B])c([B])c([B])c3c2c([B])c1[B]. The van der Waals surface area contributed by atoms with Crippen LogP contribution in [0.5, 0.6) is 0 Å². The molecular formula is C52H6B29N. The third kappa shape index (κ3) is 8.54. The summed E-state index contributed by atoms with van der Waals surface area (Å²) >= 11 is 0. The zero-order chi connectivity index (χ0) is 60.4. The Morgan fingerprint density at radius 2 is 0.524 bits per heavy atom. The Hall–Kier alpha value is -5.08. The summed E-state index contributed by atoms with van der Waals surface area (Å²) in [4.78, 5) is 1.49. The Labute approximate surface area is 517 Å². The molecule has 10 rings (SSSR count). The maximum atomic E-state index is 7.24. The van der Waals surface area contributed by atoms with Gasteiger partial charge in [-0.15, -0.1) is 49.2 Å². The predicted molar refractivity (Wildman–Crippen MR) is 384 cm³/mol. The van der Waals surface area contributed by atoms with E-state index < -0.39 is 0 Å². The smallest absolute Gasteiger partial charge is 0.115 e. The van der Waals surface area contributed by atoms with Crippen LogP contribution in [0.15, 0.2) is 36.4 Å². The molecule has 0 bridgehead atoms. The van der Waals surface area contributed by atoms with E-state index in [0.717, 1.165) is 0 Å². The molecular weight excluding hydrogens is 952 g/mol. The molecule has 0 spiro atoms. The first-order chi connectivity index (χ1) is 38.3. The van der Waals surface area contributed by atoms with E-state index in [2.05, 4.69) is 0 Å². The molecule has 0 N–H and O–H groups in total. The zero-order valence-electron chi connectivity index (χ0n) is 43.7. The summed E-state index contributed by atoms with van der Waals surface area (Å²) in [6.07, 6.45) is 0. The van der Waals surface area contributed by atoms with Crippen molar-refractivity contribution in [3.8, 4) is 33.4 Å². The third-order valence-corrected chi connectivity index (χ3v) is 15.5. The van der Waals surface area contributed by atoms with Gasteiger partial charge in [0.1, 0.15) is 228 Å². The molecule has 0 atom stereocenters. The molecule has 10 aromatic carbocycles. The van der Waals surface area contributed by atoms with Crippen LogP contribution in [-0.2, 0) is 0 Å². The average molecular weight is 958 g/mol. The fourth-order valence-corrected chi connectivity index (χ4v) is 11.2. The van der Waals surface area contributed by atoms with Gasteiger partial charge in [0, 0.05) is 17.1 Å². The predicted octanol–water partition coefficient (Wildman–Crippen LogP) is -20.2. The number of hydrogen-bond acceptors (Lipinski definition) is 1. The summed E-state index contributed by atoms with van der Waals surface area (Å²) in [6, 6.07) is 8.92. The Kier molecular flexibility index (Phi) is 15.5. The lowest BCUT2D eigenvalue weighted by molar-refractivity contribution is 1.32. The summed E-state index contributed by atoms with van der Waals surface area (Å²) in [7, 11) is 194. The minimum atomic E-state index is -0.158. The van der Waals surface area contributed by atoms with Crippen molar-refractivity contribution in [2.75, 3.05) is 4.90 Å². The number of hydrogen-bond donors (Lipinski definition) is 0. The highest BCUT2D eigenvalue weighted by atomic mass is 15.1. The minimum Gasteiger partial charge on any atom is -0.312 e. The van der Waals surface area contributed by atoms with E-state index in [9.17, 15) is 0 Å². The lowest BCUT2D eigenvalue weighted by atomic mass is 9.58. The summed E-state index contributed by atoms with van der Waals surface area (Å²) in [6.45, 7) is 0. The molecule has 10 aromatic rings. The summed E-state index contributed by atoms with van der Waals surface area (Å²) in [5, 5.41) is 1.82. The van der Waals surface area contributed by atoms with Gasteiger partial charge in [0.15, 0.2) is 0 Å². The first-order valence-corrected chi connectivity index (χ1v) is 24.3. The van der Waals surface area contributed by atoms with Gasteiger partial charge in [-0.05, 0) is 101 Å². The van der Waals surface area contributed by atoms with Crippen molar-refractivity contribution < 1.29 is 0 Å². The highest BCUT2D eigenvalue weighted by Gasteiger charge is 2.28. The molecule has 30 heteroatoms. The van der Waals surface area contributed by atoms with Crippen molar-refractivity contribution in [3.63, 3.8) is 0 Å². The molecule has 0 fully saturated rings. The number of rotatable bonds is 6. The summed E-state index contributed by atoms with van der Waals surface area (Å²) in [5.74, 6) is 0. The average Bonchev–Trinajstić information content (AvgIpc) is 3.45. The van der Waals surface area contributed by atoms with Gasteiger partial charge in [0.05, 0.1) is 0 Å². The van der Waals surface area contributed by atoms with Crippen LogP contribution < -0.4 is 163 Å². The lowest BCUT2D eigenvalue weighted by Gasteiger charge is -2.35. The summed E-state index contributed by atoms with van der Waals surface area (Å²) in [5.41, 5.74) is 0.0570. The van der Waals surface area contributed by atoms with Crippen LogP contribution in [0, 0.1) is 0 Å². The van der Waals surface area contributed by atoms with Gasteiger partial charge < -0.3 is 4.90 Å². The van der Waals surface area contributed by atoms with E-state index in [1.807, 2.05) is 0 Å². The van der Waals surface area contributed by atoms with Crippen molar-refractivity contribution in [3.05, 3.63) is 36.4 Å². The standard InChI is InChI=1S/C52H6B29N/c53-10-1-7(2-11(54)21(10)26-42(71)50(79)52(81)51(80)43(26)72)82(16-5-13(56)18(35(64)32(16)61)9-4-12(55)22-25-29(41(70)40(69)27(22)30(9)59)45(74)49(78)47(76)39(25)68)17-6-14(57)23(37(66)33(17)62)19-8-3-15(58)31(60)36(65)20(8)24-28(34(19)63)44(73)48(77)46(75)38(24)67/h1-6H. The summed E-state index contributed by atoms with van der Waals surface area (Å²) < 4.78 is 0. The normalized spacial score (nSPS) is 11.6. The monoisotopic (exact) mass is 963 g/mol. The van der Waals surface area contributed by atoms with Gasteiger partial charge >= 0.3 is 0 Å². The van der Waals surface area contributed by atoms with Gasteiger partial charge in [0.2, 0.25) is 0 Å². The van der Waals surface area contributed by atoms with Gasteiger partial charge in [-0.2, -0.15) is 0 Å². The fraction of sp³-hybridized carbons (Fsp3) is 0. The Morgan fingerprint density at radius 1 is 0.183 bits per heavy atom. The second kappa shape index (κ2) is 21.2.